The predicted octanol–water partition coefficient (Wildman–Crippen LogP) is 3.82. The van der Waals surface area contributed by atoms with E-state index in [1.54, 1.807) is 42.4 Å². The average molecular weight is 374 g/mol. The van der Waals surface area contributed by atoms with E-state index in [0.29, 0.717) is 23.4 Å². The van der Waals surface area contributed by atoms with Gasteiger partial charge in [0.15, 0.2) is 0 Å². The topological polar surface area (TPSA) is 62.5 Å². The van der Waals surface area contributed by atoms with E-state index in [1.165, 1.54) is 17.1 Å². The molecule has 0 bridgehead atoms. The van der Waals surface area contributed by atoms with E-state index < -0.39 is 12.3 Å². The molecule has 0 saturated carbocycles. The van der Waals surface area contributed by atoms with Crippen molar-refractivity contribution in [1.29, 1.82) is 0 Å². The molecule has 1 aromatic heterocycles. The number of carbonyl (C=O) groups excluding carboxylic acids is 1. The number of aromatic nitrogens is 2. The van der Waals surface area contributed by atoms with Gasteiger partial charge in [-0.15, -0.1) is 10.2 Å². The Labute approximate surface area is 151 Å². The maximum Gasteiger partial charge on any atom is 0.314 e. The number of benzene rings is 2. The Hall–Kier alpha value is -3.36. The predicted molar refractivity (Wildman–Crippen MR) is 89.4 cm³/mol. The molecule has 27 heavy (non-hydrogen) atoms. The molecule has 3 aromatic rings. The summed E-state index contributed by atoms with van der Waals surface area (Å²) in [6.45, 7) is 0.385. The van der Waals surface area contributed by atoms with Gasteiger partial charge in [0.25, 0.3) is 11.8 Å². The molecule has 1 aliphatic heterocycles. The van der Waals surface area contributed by atoms with Crippen LogP contribution in [0.15, 0.2) is 46.9 Å². The summed E-state index contributed by atoms with van der Waals surface area (Å²) >= 11 is 0. The summed E-state index contributed by atoms with van der Waals surface area (Å²) in [6.07, 6.45) is -2.86. The van der Waals surface area contributed by atoms with Gasteiger partial charge in [-0.05, 0) is 42.0 Å². The lowest BCUT2D eigenvalue weighted by Crippen LogP contribution is -2.47. The number of hydrogen-bond acceptors (Lipinski definition) is 5. The first kappa shape index (κ1) is 17.1. The zero-order valence-electron chi connectivity index (χ0n) is 14.1. The Kier molecular flexibility index (Phi) is 4.06. The third-order valence-electron chi connectivity index (χ3n) is 4.32. The van der Waals surface area contributed by atoms with E-state index in [4.69, 9.17) is 4.42 Å². The smallest absolute Gasteiger partial charge is 0.314 e. The fourth-order valence-corrected chi connectivity index (χ4v) is 2.91. The fraction of sp³-hybridized carbons (Fsp3) is 0.167. The number of rotatable bonds is 3. The minimum atomic E-state index is -2.86. The zero-order chi connectivity index (χ0) is 19.1. The lowest BCUT2D eigenvalue weighted by Gasteiger charge is -2.38. The van der Waals surface area contributed by atoms with Crippen LogP contribution in [0.2, 0.25) is 0 Å². The number of hydrazine groups is 1. The second kappa shape index (κ2) is 6.42. The standard InChI is InChI=1S/C18H13F3N4O2/c1-24-18(26)14-8-10(16-22-23-17(27-16)15(20)21)2-3-11(14)9-25(24)13-6-4-12(19)5-7-13/h2-8,15H,9H2,1H3. The van der Waals surface area contributed by atoms with E-state index in [2.05, 4.69) is 10.2 Å². The molecule has 0 spiro atoms. The molecule has 0 atom stereocenters. The highest BCUT2D eigenvalue weighted by atomic mass is 19.3. The maximum absolute atomic E-state index is 13.2. The normalized spacial score (nSPS) is 14.0. The van der Waals surface area contributed by atoms with Gasteiger partial charge in [0.2, 0.25) is 5.89 Å². The Morgan fingerprint density at radius 1 is 1.11 bits per heavy atom. The molecule has 138 valence electrons. The minimum absolute atomic E-state index is 0.0792. The Bertz CT molecular complexity index is 1000. The van der Waals surface area contributed by atoms with E-state index in [1.807, 2.05) is 0 Å². The number of anilines is 1. The van der Waals surface area contributed by atoms with Crippen molar-refractivity contribution in [3.8, 4) is 11.5 Å². The van der Waals surface area contributed by atoms with Crippen molar-refractivity contribution in [3.63, 3.8) is 0 Å². The quantitative estimate of drug-likeness (QED) is 0.697. The summed E-state index contributed by atoms with van der Waals surface area (Å²) in [5.74, 6) is -1.51. The molecule has 2 aromatic carbocycles. The van der Waals surface area contributed by atoms with E-state index in [-0.39, 0.29) is 17.6 Å². The fourth-order valence-electron chi connectivity index (χ4n) is 2.91. The van der Waals surface area contributed by atoms with Gasteiger partial charge in [0, 0.05) is 18.2 Å². The van der Waals surface area contributed by atoms with Crippen molar-refractivity contribution < 1.29 is 22.4 Å². The maximum atomic E-state index is 13.2. The average Bonchev–Trinajstić information content (AvgIpc) is 3.16. The number of nitrogens with zero attached hydrogens (tertiary/aromatic N) is 4. The van der Waals surface area contributed by atoms with Gasteiger partial charge in [0.05, 0.1) is 12.2 Å². The molecule has 0 aliphatic carbocycles. The summed E-state index contributed by atoms with van der Waals surface area (Å²) in [4.78, 5) is 12.8. The van der Waals surface area contributed by atoms with E-state index in [0.717, 1.165) is 5.56 Å². The third kappa shape index (κ3) is 3.01. The van der Waals surface area contributed by atoms with Crippen LogP contribution in [-0.2, 0) is 6.54 Å². The van der Waals surface area contributed by atoms with E-state index >= 15 is 0 Å². The monoisotopic (exact) mass is 374 g/mol. The van der Waals surface area contributed by atoms with Gasteiger partial charge >= 0.3 is 6.43 Å². The molecular formula is C18H13F3N4O2. The summed E-state index contributed by atoms with van der Waals surface area (Å²) in [5.41, 5.74) is 2.19. The SMILES string of the molecule is CN1C(=O)c2cc(-c3nnc(C(F)F)o3)ccc2CN1c1ccc(F)cc1. The zero-order valence-corrected chi connectivity index (χ0v) is 14.1. The van der Waals surface area contributed by atoms with Crippen molar-refractivity contribution in [2.24, 2.45) is 0 Å². The number of hydrogen-bond donors (Lipinski definition) is 0. The van der Waals surface area contributed by atoms with Crippen molar-refractivity contribution >= 4 is 11.6 Å². The third-order valence-corrected chi connectivity index (χ3v) is 4.32. The molecule has 0 unspecified atom stereocenters. The molecule has 2 heterocycles. The van der Waals surface area contributed by atoms with Crippen LogP contribution in [-0.4, -0.2) is 28.2 Å². The van der Waals surface area contributed by atoms with Crippen LogP contribution in [0.3, 0.4) is 0 Å². The van der Waals surface area contributed by atoms with Crippen LogP contribution in [0.25, 0.3) is 11.5 Å². The summed E-state index contributed by atoms with van der Waals surface area (Å²) in [5, 5.41) is 10.0. The summed E-state index contributed by atoms with van der Waals surface area (Å²) in [7, 11) is 1.60. The first-order valence-electron chi connectivity index (χ1n) is 8.00. The molecule has 0 saturated heterocycles. The van der Waals surface area contributed by atoms with Crippen molar-refractivity contribution in [2.75, 3.05) is 12.1 Å². The molecule has 0 fully saturated rings. The van der Waals surface area contributed by atoms with Crippen molar-refractivity contribution in [2.45, 2.75) is 13.0 Å². The minimum Gasteiger partial charge on any atom is -0.415 e. The highest BCUT2D eigenvalue weighted by Crippen LogP contribution is 2.30. The Balaban J connectivity index is 1.68. The second-order valence-electron chi connectivity index (χ2n) is 5.98. The van der Waals surface area contributed by atoms with Gasteiger partial charge < -0.3 is 4.42 Å². The van der Waals surface area contributed by atoms with Crippen molar-refractivity contribution in [1.82, 2.24) is 15.2 Å². The number of carbonyl (C=O) groups is 1. The number of amides is 1. The number of alkyl halides is 2. The summed E-state index contributed by atoms with van der Waals surface area (Å²) in [6, 6.07) is 10.7. The first-order valence-corrected chi connectivity index (χ1v) is 8.00. The molecule has 0 N–H and O–H groups in total. The number of halogens is 3. The molecular weight excluding hydrogens is 361 g/mol. The van der Waals surface area contributed by atoms with Crippen LogP contribution >= 0.6 is 0 Å². The van der Waals surface area contributed by atoms with Gasteiger partial charge in [0.1, 0.15) is 5.82 Å². The lowest BCUT2D eigenvalue weighted by atomic mass is 10.0. The van der Waals surface area contributed by atoms with Crippen molar-refractivity contribution in [3.05, 3.63) is 65.3 Å². The Morgan fingerprint density at radius 2 is 1.85 bits per heavy atom. The van der Waals surface area contributed by atoms with Gasteiger partial charge in [-0.25, -0.2) is 4.39 Å². The highest BCUT2D eigenvalue weighted by molar-refractivity contribution is 5.98. The molecule has 9 heteroatoms. The van der Waals surface area contributed by atoms with Crippen LogP contribution in [0, 0.1) is 5.82 Å². The summed E-state index contributed by atoms with van der Waals surface area (Å²) < 4.78 is 43.4. The molecule has 0 radical (unpaired) electrons. The number of fused-ring (bicyclic) bond motifs is 1. The van der Waals surface area contributed by atoms with Crippen LogP contribution in [0.4, 0.5) is 18.9 Å². The van der Waals surface area contributed by atoms with Gasteiger partial charge in [-0.2, -0.15) is 8.78 Å². The largest absolute Gasteiger partial charge is 0.415 e. The second-order valence-corrected chi connectivity index (χ2v) is 5.98. The van der Waals surface area contributed by atoms with Crippen LogP contribution in [0.5, 0.6) is 0 Å². The molecule has 1 amide bonds. The van der Waals surface area contributed by atoms with Gasteiger partial charge in [-0.3, -0.25) is 14.8 Å². The lowest BCUT2D eigenvalue weighted by molar-refractivity contribution is 0.0756. The Morgan fingerprint density at radius 3 is 2.52 bits per heavy atom. The molecule has 1 aliphatic rings. The van der Waals surface area contributed by atoms with Crippen LogP contribution < -0.4 is 5.01 Å². The van der Waals surface area contributed by atoms with Crippen LogP contribution in [0.1, 0.15) is 28.2 Å². The van der Waals surface area contributed by atoms with E-state index in [9.17, 15) is 18.0 Å². The molecule has 6 nitrogen and oxygen atoms in total. The molecule has 4 rings (SSSR count). The van der Waals surface area contributed by atoms with Gasteiger partial charge in [-0.1, -0.05) is 6.07 Å². The first-order chi connectivity index (χ1) is 12.9. The highest BCUT2D eigenvalue weighted by Gasteiger charge is 2.29.